The van der Waals surface area contributed by atoms with E-state index in [0.29, 0.717) is 0 Å². The summed E-state index contributed by atoms with van der Waals surface area (Å²) in [6, 6.07) is -0.334. The van der Waals surface area contributed by atoms with Gasteiger partial charge >= 0.3 is 0 Å². The van der Waals surface area contributed by atoms with Gasteiger partial charge in [0.1, 0.15) is 0 Å². The molecule has 1 aliphatic rings. The number of rotatable bonds is 2. The fraction of sp³-hybridized carbons (Fsp3) is 0.917. The molecule has 0 saturated carbocycles. The number of amides is 1. The first-order valence-corrected chi connectivity index (χ1v) is 5.88. The minimum Gasteiger partial charge on any atom is -0.341 e. The fourth-order valence-electron chi connectivity index (χ4n) is 2.11. The van der Waals surface area contributed by atoms with E-state index < -0.39 is 0 Å². The highest BCUT2D eigenvalue weighted by Crippen LogP contribution is 2.28. The van der Waals surface area contributed by atoms with E-state index in [-0.39, 0.29) is 35.7 Å². The molecule has 2 N–H and O–H groups in total. The first kappa shape index (κ1) is 15.7. The summed E-state index contributed by atoms with van der Waals surface area (Å²) in [4.78, 5) is 14.0. The van der Waals surface area contributed by atoms with E-state index in [1.165, 1.54) is 6.42 Å². The number of carbonyl (C=O) groups is 1. The van der Waals surface area contributed by atoms with E-state index in [2.05, 4.69) is 13.8 Å². The van der Waals surface area contributed by atoms with Gasteiger partial charge in [0, 0.05) is 13.1 Å². The van der Waals surface area contributed by atoms with Crippen molar-refractivity contribution in [2.45, 2.75) is 46.6 Å². The zero-order valence-corrected chi connectivity index (χ0v) is 11.6. The summed E-state index contributed by atoms with van der Waals surface area (Å²) in [5.41, 5.74) is 6.14. The van der Waals surface area contributed by atoms with Crippen LogP contribution >= 0.6 is 12.4 Å². The van der Waals surface area contributed by atoms with Gasteiger partial charge in [-0.3, -0.25) is 4.79 Å². The molecule has 1 fully saturated rings. The van der Waals surface area contributed by atoms with Crippen LogP contribution in [0.1, 0.15) is 40.5 Å². The van der Waals surface area contributed by atoms with Crippen LogP contribution in [-0.2, 0) is 4.79 Å². The summed E-state index contributed by atoms with van der Waals surface area (Å²) >= 11 is 0. The van der Waals surface area contributed by atoms with Crippen LogP contribution in [0.25, 0.3) is 0 Å². The van der Waals surface area contributed by atoms with Gasteiger partial charge in [0.15, 0.2) is 0 Å². The largest absolute Gasteiger partial charge is 0.341 e. The number of piperidine rings is 1. The standard InChI is InChI=1S/C12H24N2O.ClH/c1-9(2)10(13)11(15)14-7-5-6-12(3,4)8-14;/h9-10H,5-8,13H2,1-4H3;1H/t10-;/m1./s1. The number of hydrogen-bond donors (Lipinski definition) is 1. The van der Waals surface area contributed by atoms with Gasteiger partial charge in [0.25, 0.3) is 0 Å². The van der Waals surface area contributed by atoms with Crippen LogP contribution in [0, 0.1) is 11.3 Å². The number of likely N-dealkylation sites (tertiary alicyclic amines) is 1. The molecule has 0 unspecified atom stereocenters. The highest BCUT2D eigenvalue weighted by atomic mass is 35.5. The van der Waals surface area contributed by atoms with Gasteiger partial charge in [-0.25, -0.2) is 0 Å². The summed E-state index contributed by atoms with van der Waals surface area (Å²) in [5, 5.41) is 0. The lowest BCUT2D eigenvalue weighted by molar-refractivity contribution is -0.136. The van der Waals surface area contributed by atoms with E-state index in [4.69, 9.17) is 5.73 Å². The van der Waals surface area contributed by atoms with Crippen LogP contribution in [0.5, 0.6) is 0 Å². The summed E-state index contributed by atoms with van der Waals surface area (Å²) in [6.07, 6.45) is 2.30. The second-order valence-corrected chi connectivity index (χ2v) is 5.80. The number of nitrogens with zero attached hydrogens (tertiary/aromatic N) is 1. The summed E-state index contributed by atoms with van der Waals surface area (Å²) in [5.74, 6) is 0.348. The molecule has 1 aliphatic heterocycles. The number of hydrogen-bond acceptors (Lipinski definition) is 2. The van der Waals surface area contributed by atoms with E-state index >= 15 is 0 Å². The van der Waals surface area contributed by atoms with E-state index in [9.17, 15) is 4.79 Å². The van der Waals surface area contributed by atoms with Crippen molar-refractivity contribution in [2.24, 2.45) is 17.1 Å². The van der Waals surface area contributed by atoms with Gasteiger partial charge < -0.3 is 10.6 Å². The number of halogens is 1. The Balaban J connectivity index is 0.00000225. The number of carbonyl (C=O) groups excluding carboxylic acids is 1. The average Bonchev–Trinajstić information content (AvgIpc) is 2.13. The van der Waals surface area contributed by atoms with Crippen LogP contribution in [0.4, 0.5) is 0 Å². The molecule has 16 heavy (non-hydrogen) atoms. The monoisotopic (exact) mass is 248 g/mol. The molecular formula is C12H25ClN2O. The van der Waals surface area contributed by atoms with Crippen LogP contribution in [0.15, 0.2) is 0 Å². The van der Waals surface area contributed by atoms with Crippen molar-refractivity contribution >= 4 is 18.3 Å². The molecule has 3 nitrogen and oxygen atoms in total. The Hall–Kier alpha value is -0.280. The lowest BCUT2D eigenvalue weighted by atomic mass is 9.83. The summed E-state index contributed by atoms with van der Waals surface area (Å²) in [6.45, 7) is 10.2. The molecular weight excluding hydrogens is 224 g/mol. The molecule has 4 heteroatoms. The Labute approximate surface area is 105 Å². The highest BCUT2D eigenvalue weighted by molar-refractivity contribution is 5.85. The van der Waals surface area contributed by atoms with Gasteiger partial charge in [-0.1, -0.05) is 27.7 Å². The van der Waals surface area contributed by atoms with Crippen molar-refractivity contribution in [1.82, 2.24) is 4.90 Å². The van der Waals surface area contributed by atoms with Gasteiger partial charge in [0.2, 0.25) is 5.91 Å². The van der Waals surface area contributed by atoms with Crippen molar-refractivity contribution in [1.29, 1.82) is 0 Å². The molecule has 96 valence electrons. The predicted molar refractivity (Wildman–Crippen MR) is 69.7 cm³/mol. The highest BCUT2D eigenvalue weighted by Gasteiger charge is 2.31. The van der Waals surface area contributed by atoms with Crippen molar-refractivity contribution in [3.63, 3.8) is 0 Å². The Morgan fingerprint density at radius 3 is 2.38 bits per heavy atom. The molecule has 0 aromatic rings. The number of nitrogens with two attached hydrogens (primary N) is 1. The van der Waals surface area contributed by atoms with Gasteiger partial charge in [-0.05, 0) is 24.2 Å². The molecule has 1 saturated heterocycles. The Kier molecular flexibility index (Phi) is 5.77. The molecule has 0 aromatic carbocycles. The second kappa shape index (κ2) is 5.87. The summed E-state index contributed by atoms with van der Waals surface area (Å²) < 4.78 is 0. The van der Waals surface area contributed by atoms with Crippen LogP contribution in [0.2, 0.25) is 0 Å². The molecule has 0 bridgehead atoms. The summed E-state index contributed by atoms with van der Waals surface area (Å²) in [7, 11) is 0. The third-order valence-electron chi connectivity index (χ3n) is 3.22. The van der Waals surface area contributed by atoms with E-state index in [1.54, 1.807) is 0 Å². The zero-order chi connectivity index (χ0) is 11.6. The van der Waals surface area contributed by atoms with Crippen molar-refractivity contribution in [3.8, 4) is 0 Å². The fourth-order valence-corrected chi connectivity index (χ4v) is 2.11. The normalized spacial score (nSPS) is 21.5. The SMILES string of the molecule is CC(C)[C@@H](N)C(=O)N1CCCC(C)(C)C1.Cl. The van der Waals surface area contributed by atoms with Gasteiger partial charge in [-0.15, -0.1) is 12.4 Å². The maximum absolute atomic E-state index is 12.0. The van der Waals surface area contributed by atoms with Gasteiger partial charge in [-0.2, -0.15) is 0 Å². The van der Waals surface area contributed by atoms with E-state index in [1.807, 2.05) is 18.7 Å². The topological polar surface area (TPSA) is 46.3 Å². The van der Waals surface area contributed by atoms with Crippen molar-refractivity contribution in [3.05, 3.63) is 0 Å². The lowest BCUT2D eigenvalue weighted by Crippen LogP contribution is -2.51. The van der Waals surface area contributed by atoms with Crippen LogP contribution in [-0.4, -0.2) is 29.9 Å². The Bertz CT molecular complexity index is 241. The lowest BCUT2D eigenvalue weighted by Gasteiger charge is -2.39. The third kappa shape index (κ3) is 3.95. The molecule has 0 aliphatic carbocycles. The predicted octanol–water partition coefficient (Wildman–Crippen LogP) is 2.04. The zero-order valence-electron chi connectivity index (χ0n) is 10.8. The molecule has 1 heterocycles. The minimum absolute atomic E-state index is 0. The second-order valence-electron chi connectivity index (χ2n) is 5.80. The Morgan fingerprint density at radius 1 is 1.38 bits per heavy atom. The van der Waals surface area contributed by atoms with Crippen LogP contribution in [0.3, 0.4) is 0 Å². The molecule has 1 rings (SSSR count). The molecule has 1 amide bonds. The average molecular weight is 249 g/mol. The molecule has 1 atom stereocenters. The quantitative estimate of drug-likeness (QED) is 0.813. The van der Waals surface area contributed by atoms with Gasteiger partial charge in [0.05, 0.1) is 6.04 Å². The van der Waals surface area contributed by atoms with Crippen LogP contribution < -0.4 is 5.73 Å². The molecule has 0 spiro atoms. The van der Waals surface area contributed by atoms with E-state index in [0.717, 1.165) is 19.5 Å². The Morgan fingerprint density at radius 2 is 1.94 bits per heavy atom. The van der Waals surface area contributed by atoms with Crippen molar-refractivity contribution < 1.29 is 4.79 Å². The maximum atomic E-state index is 12.0. The minimum atomic E-state index is -0.334. The smallest absolute Gasteiger partial charge is 0.239 e. The maximum Gasteiger partial charge on any atom is 0.239 e. The first-order valence-electron chi connectivity index (χ1n) is 5.88. The molecule has 0 radical (unpaired) electrons. The third-order valence-corrected chi connectivity index (χ3v) is 3.22. The first-order chi connectivity index (χ1) is 6.83. The molecule has 0 aromatic heterocycles. The van der Waals surface area contributed by atoms with Crippen molar-refractivity contribution in [2.75, 3.05) is 13.1 Å².